The third-order valence-corrected chi connectivity index (χ3v) is 13.1. The van der Waals surface area contributed by atoms with Crippen LogP contribution in [0.15, 0.2) is 12.2 Å². The van der Waals surface area contributed by atoms with Gasteiger partial charge in [0.25, 0.3) is 0 Å². The van der Waals surface area contributed by atoms with E-state index in [-0.39, 0.29) is 6.61 Å². The van der Waals surface area contributed by atoms with Gasteiger partial charge in [0.15, 0.2) is 0 Å². The summed E-state index contributed by atoms with van der Waals surface area (Å²) < 4.78 is 0. The number of allylic oxidation sites excluding steroid dienone is 2. The van der Waals surface area contributed by atoms with E-state index in [2.05, 4.69) is 31.3 Å². The number of nitrogens with one attached hydrogen (secondary N) is 1. The van der Waals surface area contributed by atoms with E-state index in [4.69, 9.17) is 0 Å². The standard InChI is InChI=1S/C55H109NO4/c1-3-5-7-9-11-13-15-17-19-21-23-25-27-28-30-31-33-35-37-39-41-43-45-47-49-53(58)52(51-57)56-55(60)54(59)50-48-46-44-42-40-38-36-34-32-29-26-24-22-20-18-16-14-12-10-8-6-4-2/h32,34,52-54,57-59H,3-31,33,35-51H2,1-2H3,(H,56,60)/b34-32-. The molecule has 0 heterocycles. The molecule has 0 aliphatic carbocycles. The lowest BCUT2D eigenvalue weighted by atomic mass is 10.0. The molecule has 358 valence electrons. The van der Waals surface area contributed by atoms with Crippen LogP contribution in [0.4, 0.5) is 0 Å². The predicted molar refractivity (Wildman–Crippen MR) is 264 cm³/mol. The Hall–Kier alpha value is -0.910. The monoisotopic (exact) mass is 848 g/mol. The maximum Gasteiger partial charge on any atom is 0.249 e. The van der Waals surface area contributed by atoms with Crippen LogP contribution in [0.3, 0.4) is 0 Å². The van der Waals surface area contributed by atoms with Gasteiger partial charge in [-0.2, -0.15) is 0 Å². The van der Waals surface area contributed by atoms with Crippen LogP contribution in [0.1, 0.15) is 309 Å². The quantitative estimate of drug-likeness (QED) is 0.0363. The highest BCUT2D eigenvalue weighted by Crippen LogP contribution is 2.18. The van der Waals surface area contributed by atoms with Crippen molar-refractivity contribution < 1.29 is 20.1 Å². The summed E-state index contributed by atoms with van der Waals surface area (Å²) in [6, 6.07) is -0.713. The molecule has 0 rings (SSSR count). The van der Waals surface area contributed by atoms with Crippen LogP contribution in [0.5, 0.6) is 0 Å². The van der Waals surface area contributed by atoms with E-state index in [1.54, 1.807) is 0 Å². The Kier molecular flexibility index (Phi) is 50.0. The number of amides is 1. The molecule has 3 atom stereocenters. The normalized spacial score (nSPS) is 13.3. The molecule has 0 radical (unpaired) electrons. The van der Waals surface area contributed by atoms with Gasteiger partial charge in [0.05, 0.1) is 18.8 Å². The van der Waals surface area contributed by atoms with Crippen molar-refractivity contribution in [2.75, 3.05) is 6.61 Å². The van der Waals surface area contributed by atoms with Crippen molar-refractivity contribution in [1.82, 2.24) is 5.32 Å². The molecule has 0 saturated heterocycles. The zero-order chi connectivity index (χ0) is 43.7. The smallest absolute Gasteiger partial charge is 0.249 e. The SMILES string of the molecule is CCCCCCCCCCCCCC/C=C\CCCCCCCCC(O)C(=O)NC(CO)C(O)CCCCCCCCCCCCCCCCCCCCCCCCCC. The van der Waals surface area contributed by atoms with Crippen LogP contribution in [-0.4, -0.2) is 46.1 Å². The number of carbonyl (C=O) groups excluding carboxylic acids is 1. The molecule has 0 aliphatic heterocycles. The minimum Gasteiger partial charge on any atom is -0.394 e. The Morgan fingerprint density at radius 2 is 0.633 bits per heavy atom. The van der Waals surface area contributed by atoms with Gasteiger partial charge in [-0.25, -0.2) is 0 Å². The molecule has 3 unspecified atom stereocenters. The zero-order valence-corrected chi connectivity index (χ0v) is 40.9. The molecular formula is C55H109NO4. The molecular weight excluding hydrogens is 739 g/mol. The fourth-order valence-corrected chi connectivity index (χ4v) is 8.84. The second kappa shape index (κ2) is 50.7. The lowest BCUT2D eigenvalue weighted by molar-refractivity contribution is -0.131. The van der Waals surface area contributed by atoms with Crippen LogP contribution >= 0.6 is 0 Å². The van der Waals surface area contributed by atoms with E-state index in [0.717, 1.165) is 32.1 Å². The van der Waals surface area contributed by atoms with Crippen molar-refractivity contribution in [2.45, 2.75) is 327 Å². The van der Waals surface area contributed by atoms with Crippen LogP contribution < -0.4 is 5.32 Å². The molecule has 0 aromatic carbocycles. The van der Waals surface area contributed by atoms with Crippen molar-refractivity contribution in [3.8, 4) is 0 Å². The molecule has 0 spiro atoms. The van der Waals surface area contributed by atoms with E-state index in [1.807, 2.05) is 0 Å². The molecule has 0 aliphatic rings. The van der Waals surface area contributed by atoms with E-state index in [1.165, 1.54) is 250 Å². The molecule has 5 nitrogen and oxygen atoms in total. The van der Waals surface area contributed by atoms with Gasteiger partial charge in [-0.15, -0.1) is 0 Å². The maximum atomic E-state index is 12.6. The average Bonchev–Trinajstić information content (AvgIpc) is 3.25. The van der Waals surface area contributed by atoms with Crippen molar-refractivity contribution >= 4 is 5.91 Å². The second-order valence-electron chi connectivity index (χ2n) is 19.1. The van der Waals surface area contributed by atoms with Crippen molar-refractivity contribution in [3.63, 3.8) is 0 Å². The van der Waals surface area contributed by atoms with E-state index >= 15 is 0 Å². The summed E-state index contributed by atoms with van der Waals surface area (Å²) in [6.07, 6.45) is 62.5. The van der Waals surface area contributed by atoms with Crippen LogP contribution in [0, 0.1) is 0 Å². The van der Waals surface area contributed by atoms with Gasteiger partial charge in [-0.3, -0.25) is 4.79 Å². The summed E-state index contributed by atoms with van der Waals surface area (Å²) in [5.74, 6) is -0.469. The summed E-state index contributed by atoms with van der Waals surface area (Å²) >= 11 is 0. The van der Waals surface area contributed by atoms with Crippen molar-refractivity contribution in [3.05, 3.63) is 12.2 Å². The number of unbranched alkanes of at least 4 members (excludes halogenated alkanes) is 41. The third-order valence-electron chi connectivity index (χ3n) is 13.1. The Labute approximate surface area is 376 Å². The van der Waals surface area contributed by atoms with E-state index in [0.29, 0.717) is 12.8 Å². The third kappa shape index (κ3) is 45.1. The van der Waals surface area contributed by atoms with Crippen LogP contribution in [0.25, 0.3) is 0 Å². The lowest BCUT2D eigenvalue weighted by Gasteiger charge is -2.23. The first-order valence-electron chi connectivity index (χ1n) is 27.5. The Balaban J connectivity index is 3.53. The number of aliphatic hydroxyl groups excluding tert-OH is 3. The molecule has 0 aromatic rings. The first-order valence-corrected chi connectivity index (χ1v) is 27.5. The van der Waals surface area contributed by atoms with Crippen LogP contribution in [0.2, 0.25) is 0 Å². The number of hydrogen-bond acceptors (Lipinski definition) is 4. The Morgan fingerprint density at radius 1 is 0.383 bits per heavy atom. The molecule has 0 saturated carbocycles. The summed E-state index contributed by atoms with van der Waals surface area (Å²) in [5.41, 5.74) is 0. The number of carbonyl (C=O) groups is 1. The van der Waals surface area contributed by atoms with Gasteiger partial charge in [-0.1, -0.05) is 283 Å². The summed E-state index contributed by atoms with van der Waals surface area (Å²) in [7, 11) is 0. The molecule has 60 heavy (non-hydrogen) atoms. The Morgan fingerprint density at radius 3 is 0.917 bits per heavy atom. The zero-order valence-electron chi connectivity index (χ0n) is 40.9. The number of hydrogen-bond donors (Lipinski definition) is 4. The molecule has 4 N–H and O–H groups in total. The Bertz CT molecular complexity index is 848. The van der Waals surface area contributed by atoms with Gasteiger partial charge < -0.3 is 20.6 Å². The fraction of sp³-hybridized carbons (Fsp3) is 0.945. The summed E-state index contributed by atoms with van der Waals surface area (Å²) in [4.78, 5) is 12.6. The number of aliphatic hydroxyl groups is 3. The van der Waals surface area contributed by atoms with E-state index in [9.17, 15) is 20.1 Å². The number of rotatable bonds is 51. The highest BCUT2D eigenvalue weighted by atomic mass is 16.3. The highest BCUT2D eigenvalue weighted by Gasteiger charge is 2.23. The van der Waals surface area contributed by atoms with E-state index < -0.39 is 24.2 Å². The molecule has 0 fully saturated rings. The summed E-state index contributed by atoms with van der Waals surface area (Å²) in [6.45, 7) is 4.27. The highest BCUT2D eigenvalue weighted by molar-refractivity contribution is 5.80. The summed E-state index contributed by atoms with van der Waals surface area (Å²) in [5, 5.41) is 33.5. The molecule has 0 bridgehead atoms. The van der Waals surface area contributed by atoms with Gasteiger partial charge in [0.1, 0.15) is 6.10 Å². The molecule has 0 aromatic heterocycles. The minimum absolute atomic E-state index is 0.312. The first-order chi connectivity index (χ1) is 29.6. The van der Waals surface area contributed by atoms with Gasteiger partial charge >= 0.3 is 0 Å². The van der Waals surface area contributed by atoms with Crippen molar-refractivity contribution in [2.24, 2.45) is 0 Å². The van der Waals surface area contributed by atoms with Crippen LogP contribution in [-0.2, 0) is 4.79 Å². The van der Waals surface area contributed by atoms with Gasteiger partial charge in [0.2, 0.25) is 5.91 Å². The predicted octanol–water partition coefficient (Wildman–Crippen LogP) is 16.7. The average molecular weight is 848 g/mol. The largest absolute Gasteiger partial charge is 0.394 e. The lowest BCUT2D eigenvalue weighted by Crippen LogP contribution is -2.49. The first kappa shape index (κ1) is 59.1. The topological polar surface area (TPSA) is 89.8 Å². The van der Waals surface area contributed by atoms with Gasteiger partial charge in [-0.05, 0) is 38.5 Å². The van der Waals surface area contributed by atoms with Gasteiger partial charge in [0, 0.05) is 0 Å². The maximum absolute atomic E-state index is 12.6. The fourth-order valence-electron chi connectivity index (χ4n) is 8.84. The molecule has 5 heteroatoms. The second-order valence-corrected chi connectivity index (χ2v) is 19.1. The van der Waals surface area contributed by atoms with Crippen molar-refractivity contribution in [1.29, 1.82) is 0 Å². The molecule has 1 amide bonds. The minimum atomic E-state index is -1.08.